The van der Waals surface area contributed by atoms with Crippen molar-refractivity contribution in [3.05, 3.63) is 29.0 Å². The van der Waals surface area contributed by atoms with Gasteiger partial charge in [0.25, 0.3) is 0 Å². The van der Waals surface area contributed by atoms with Crippen molar-refractivity contribution in [1.82, 2.24) is 14.6 Å². The number of nitrogens with one attached hydrogen (secondary N) is 1. The van der Waals surface area contributed by atoms with E-state index in [2.05, 4.69) is 44.3 Å². The van der Waals surface area contributed by atoms with Crippen molar-refractivity contribution >= 4 is 30.0 Å². The molecule has 1 aliphatic heterocycles. The third-order valence-corrected chi connectivity index (χ3v) is 5.86. The third-order valence-electron chi connectivity index (χ3n) is 4.63. The Kier molecular flexibility index (Phi) is 6.80. The van der Waals surface area contributed by atoms with Crippen molar-refractivity contribution in [2.45, 2.75) is 70.2 Å². The molecular formula is C19H30ClN3OS. The Morgan fingerprint density at radius 1 is 1.48 bits per heavy atom. The minimum Gasteiger partial charge on any atom is -0.340 e. The molecule has 0 spiro atoms. The highest BCUT2D eigenvalue weighted by Crippen LogP contribution is 2.36. The number of carbonyl (C=O) groups excluding carboxylic acids is 1. The number of aromatic nitrogens is 1. The number of nitrogens with zero attached hydrogens (tertiary/aromatic N) is 2. The Balaban J connectivity index is 2.01. The Morgan fingerprint density at radius 2 is 2.20 bits per heavy atom. The summed E-state index contributed by atoms with van der Waals surface area (Å²) in [5, 5.41) is 0.658. The van der Waals surface area contributed by atoms with Gasteiger partial charge >= 0.3 is 0 Å². The van der Waals surface area contributed by atoms with Gasteiger partial charge in [0.2, 0.25) is 6.41 Å². The molecule has 1 saturated heterocycles. The number of hydrogen-bond acceptors (Lipinski definition) is 4. The summed E-state index contributed by atoms with van der Waals surface area (Å²) in [6.45, 7) is 11.7. The molecule has 0 aliphatic carbocycles. The first-order chi connectivity index (χ1) is 11.6. The monoisotopic (exact) mass is 383 g/mol. The summed E-state index contributed by atoms with van der Waals surface area (Å²) in [7, 11) is 0. The van der Waals surface area contributed by atoms with Crippen LogP contribution in [-0.4, -0.2) is 33.1 Å². The van der Waals surface area contributed by atoms with Crippen LogP contribution in [0, 0.1) is 5.92 Å². The molecular weight excluding hydrogens is 354 g/mol. The van der Waals surface area contributed by atoms with E-state index in [1.165, 1.54) is 0 Å². The van der Waals surface area contributed by atoms with Gasteiger partial charge in [0.15, 0.2) is 0 Å². The van der Waals surface area contributed by atoms with Crippen molar-refractivity contribution in [1.29, 1.82) is 0 Å². The predicted molar refractivity (Wildman–Crippen MR) is 107 cm³/mol. The smallest absolute Gasteiger partial charge is 0.210 e. The van der Waals surface area contributed by atoms with Gasteiger partial charge in [-0.3, -0.25) is 14.5 Å². The van der Waals surface area contributed by atoms with Crippen LogP contribution in [0.5, 0.6) is 0 Å². The van der Waals surface area contributed by atoms with E-state index < -0.39 is 0 Å². The summed E-state index contributed by atoms with van der Waals surface area (Å²) < 4.78 is 3.73. The molecule has 2 atom stereocenters. The number of halogens is 1. The van der Waals surface area contributed by atoms with Crippen LogP contribution in [-0.2, 0) is 4.79 Å². The molecule has 4 nitrogen and oxygen atoms in total. The first-order valence-electron chi connectivity index (χ1n) is 8.88. The van der Waals surface area contributed by atoms with Crippen molar-refractivity contribution in [2.24, 2.45) is 5.92 Å². The van der Waals surface area contributed by atoms with E-state index >= 15 is 0 Å². The average Bonchev–Trinajstić information content (AvgIpc) is 2.81. The summed E-state index contributed by atoms with van der Waals surface area (Å²) in [5.41, 5.74) is 0.985. The normalized spacial score (nSPS) is 21.4. The zero-order valence-electron chi connectivity index (χ0n) is 15.9. The molecule has 1 amide bonds. The Labute approximate surface area is 161 Å². The predicted octanol–water partition coefficient (Wildman–Crippen LogP) is 4.85. The van der Waals surface area contributed by atoms with Crippen molar-refractivity contribution in [2.75, 3.05) is 6.54 Å². The zero-order valence-corrected chi connectivity index (χ0v) is 17.5. The molecule has 25 heavy (non-hydrogen) atoms. The van der Waals surface area contributed by atoms with E-state index in [4.69, 9.17) is 11.6 Å². The van der Waals surface area contributed by atoms with Gasteiger partial charge in [0, 0.05) is 23.0 Å². The summed E-state index contributed by atoms with van der Waals surface area (Å²) in [5.74, 6) is 0.538. The fourth-order valence-corrected chi connectivity index (χ4v) is 4.15. The molecule has 2 unspecified atom stereocenters. The highest BCUT2D eigenvalue weighted by atomic mass is 35.5. The SMILES string of the molecule is CC(C)(C)SNC(CCC1CN(C=O)C(C)(C)C1)c1ccc(Cl)cn1. The van der Waals surface area contributed by atoms with Gasteiger partial charge < -0.3 is 4.90 Å². The molecule has 2 rings (SSSR count). The van der Waals surface area contributed by atoms with Crippen LogP contribution >= 0.6 is 23.5 Å². The zero-order chi connectivity index (χ0) is 18.7. The molecule has 1 aliphatic rings. The molecule has 0 aromatic carbocycles. The molecule has 2 heterocycles. The molecule has 1 N–H and O–H groups in total. The minimum absolute atomic E-state index is 0.0337. The van der Waals surface area contributed by atoms with Gasteiger partial charge in [-0.25, -0.2) is 0 Å². The van der Waals surface area contributed by atoms with Crippen molar-refractivity contribution in [3.8, 4) is 0 Å². The lowest BCUT2D eigenvalue weighted by molar-refractivity contribution is -0.120. The topological polar surface area (TPSA) is 45.2 Å². The lowest BCUT2D eigenvalue weighted by atomic mass is 9.91. The second-order valence-corrected chi connectivity index (χ2v) is 10.6. The molecule has 1 fully saturated rings. The molecule has 1 aromatic heterocycles. The second-order valence-electron chi connectivity index (χ2n) is 8.50. The number of pyridine rings is 1. The van der Waals surface area contributed by atoms with Crippen molar-refractivity contribution < 1.29 is 4.79 Å². The van der Waals surface area contributed by atoms with E-state index in [1.807, 2.05) is 17.0 Å². The van der Waals surface area contributed by atoms with Crippen molar-refractivity contribution in [3.63, 3.8) is 0 Å². The molecule has 6 heteroatoms. The van der Waals surface area contributed by atoms with Crippen LogP contribution in [0.25, 0.3) is 0 Å². The molecule has 0 radical (unpaired) electrons. The standard InChI is InChI=1S/C19H30ClN3OS/c1-18(2,3)25-22-17(16-9-7-15(20)11-21-16)8-6-14-10-19(4,5)23(12-14)13-24/h7,9,11,13-14,17,22H,6,8,10,12H2,1-5H3. The van der Waals surface area contributed by atoms with Gasteiger partial charge in [-0.1, -0.05) is 23.5 Å². The maximum atomic E-state index is 11.3. The quantitative estimate of drug-likeness (QED) is 0.540. The van der Waals surface area contributed by atoms with E-state index in [0.717, 1.165) is 37.9 Å². The summed E-state index contributed by atoms with van der Waals surface area (Å²) in [6.07, 6.45) is 5.82. The van der Waals surface area contributed by atoms with Gasteiger partial charge in [-0.15, -0.1) is 0 Å². The first kappa shape index (κ1) is 20.5. The molecule has 0 bridgehead atoms. The number of carbonyl (C=O) groups is 1. The number of rotatable bonds is 7. The van der Waals surface area contributed by atoms with E-state index in [1.54, 1.807) is 18.1 Å². The van der Waals surface area contributed by atoms with Gasteiger partial charge in [-0.2, -0.15) is 0 Å². The molecule has 1 aromatic rings. The van der Waals surface area contributed by atoms with Crippen LogP contribution in [0.3, 0.4) is 0 Å². The maximum absolute atomic E-state index is 11.3. The van der Waals surface area contributed by atoms with E-state index in [-0.39, 0.29) is 16.3 Å². The fourth-order valence-electron chi connectivity index (χ4n) is 3.30. The highest BCUT2D eigenvalue weighted by Gasteiger charge is 2.37. The van der Waals surface area contributed by atoms with Gasteiger partial charge in [0.1, 0.15) is 0 Å². The average molecular weight is 384 g/mol. The summed E-state index contributed by atoms with van der Waals surface area (Å²) in [4.78, 5) is 17.7. The lowest BCUT2D eigenvalue weighted by Crippen LogP contribution is -2.36. The van der Waals surface area contributed by atoms with Gasteiger partial charge in [-0.05, 0) is 71.9 Å². The van der Waals surface area contributed by atoms with E-state index in [0.29, 0.717) is 10.9 Å². The largest absolute Gasteiger partial charge is 0.340 e. The van der Waals surface area contributed by atoms with Crippen LogP contribution < -0.4 is 4.72 Å². The Hall–Kier alpha value is -0.780. The highest BCUT2D eigenvalue weighted by molar-refractivity contribution is 7.98. The first-order valence-corrected chi connectivity index (χ1v) is 10.1. The lowest BCUT2D eigenvalue weighted by Gasteiger charge is -2.27. The number of hydrogen-bond donors (Lipinski definition) is 1. The maximum Gasteiger partial charge on any atom is 0.210 e. The van der Waals surface area contributed by atoms with Crippen LogP contribution in [0.15, 0.2) is 18.3 Å². The minimum atomic E-state index is -0.0337. The summed E-state index contributed by atoms with van der Waals surface area (Å²) >= 11 is 7.72. The van der Waals surface area contributed by atoms with Crippen LogP contribution in [0.2, 0.25) is 5.02 Å². The number of likely N-dealkylation sites (tertiary alicyclic amines) is 1. The van der Waals surface area contributed by atoms with Gasteiger partial charge in [0.05, 0.1) is 16.8 Å². The third kappa shape index (κ3) is 6.15. The van der Waals surface area contributed by atoms with Crippen LogP contribution in [0.4, 0.5) is 0 Å². The Morgan fingerprint density at radius 3 is 2.72 bits per heavy atom. The molecule has 0 saturated carbocycles. The summed E-state index contributed by atoms with van der Waals surface area (Å²) in [6, 6.07) is 4.07. The second kappa shape index (κ2) is 8.28. The number of amides is 1. The Bertz CT molecular complexity index is 571. The van der Waals surface area contributed by atoms with Crippen LogP contribution in [0.1, 0.15) is 65.6 Å². The molecule has 140 valence electrons. The fraction of sp³-hybridized carbons (Fsp3) is 0.684. The van der Waals surface area contributed by atoms with E-state index in [9.17, 15) is 4.79 Å².